The zero-order valence-corrected chi connectivity index (χ0v) is 24.4. The smallest absolute Gasteiger partial charge is 0.166 e. The van der Waals surface area contributed by atoms with Gasteiger partial charge in [0.1, 0.15) is 24.3 Å². The molecule has 43 heavy (non-hydrogen) atoms. The Balaban J connectivity index is 1.07. The quantitative estimate of drug-likeness (QED) is 0.230. The first-order chi connectivity index (χ1) is 20.9. The van der Waals surface area contributed by atoms with Gasteiger partial charge < -0.3 is 18.8 Å². The van der Waals surface area contributed by atoms with Crippen LogP contribution in [0.4, 0.5) is 4.39 Å². The molecule has 0 bridgehead atoms. The van der Waals surface area contributed by atoms with Crippen LogP contribution < -0.4 is 9.47 Å². The monoisotopic (exact) mass is 583 g/mol. The Hall–Kier alpha value is -4.33. The van der Waals surface area contributed by atoms with Gasteiger partial charge >= 0.3 is 0 Å². The molecule has 2 aliphatic heterocycles. The van der Waals surface area contributed by atoms with E-state index in [0.29, 0.717) is 23.6 Å². The molecule has 6 rings (SSSR count). The molecule has 2 aromatic carbocycles. The number of fused-ring (bicyclic) bond motifs is 1. The second kappa shape index (κ2) is 12.5. The number of aromatic nitrogens is 3. The highest BCUT2D eigenvalue weighted by atomic mass is 19.1. The number of benzene rings is 2. The molecule has 2 aromatic heterocycles. The third-order valence-corrected chi connectivity index (χ3v) is 8.14. The summed E-state index contributed by atoms with van der Waals surface area (Å²) in [5.41, 5.74) is 4.51. The molecule has 2 aliphatic rings. The van der Waals surface area contributed by atoms with Crippen LogP contribution in [0, 0.1) is 24.1 Å². The molecule has 2 saturated heterocycles. The van der Waals surface area contributed by atoms with Gasteiger partial charge in [0.25, 0.3) is 0 Å². The Labute approximate surface area is 249 Å². The van der Waals surface area contributed by atoms with Crippen molar-refractivity contribution in [3.8, 4) is 17.6 Å². The topological polar surface area (TPSA) is 103 Å². The van der Waals surface area contributed by atoms with E-state index in [2.05, 4.69) is 14.5 Å². The van der Waals surface area contributed by atoms with Gasteiger partial charge in [-0.2, -0.15) is 5.26 Å². The van der Waals surface area contributed by atoms with E-state index in [1.165, 1.54) is 12.1 Å². The Bertz CT molecular complexity index is 1680. The summed E-state index contributed by atoms with van der Waals surface area (Å²) in [5, 5.41) is 8.92. The van der Waals surface area contributed by atoms with E-state index in [9.17, 15) is 9.18 Å². The van der Waals surface area contributed by atoms with Crippen molar-refractivity contribution in [2.75, 3.05) is 19.7 Å². The lowest BCUT2D eigenvalue weighted by atomic mass is 10.1. The number of rotatable bonds is 10. The number of pyridine rings is 1. The summed E-state index contributed by atoms with van der Waals surface area (Å²) in [6.07, 6.45) is 4.66. The first kappa shape index (κ1) is 28.8. The Morgan fingerprint density at radius 3 is 2.67 bits per heavy atom. The second-order valence-electron chi connectivity index (χ2n) is 11.3. The van der Waals surface area contributed by atoms with E-state index in [1.54, 1.807) is 13.1 Å². The number of Topliss-reactive ketones (excluding diaryl/α,β-unsaturated/α-hetero) is 1. The number of imidazole rings is 1. The molecule has 0 aliphatic carbocycles. The van der Waals surface area contributed by atoms with Gasteiger partial charge in [-0.15, -0.1) is 0 Å². The molecule has 222 valence electrons. The molecule has 0 unspecified atom stereocenters. The molecule has 0 saturated carbocycles. The number of ether oxygens (including phenoxy) is 3. The molecular formula is C33H34FN5O4. The highest BCUT2D eigenvalue weighted by Crippen LogP contribution is 2.27. The van der Waals surface area contributed by atoms with E-state index in [4.69, 9.17) is 24.5 Å². The molecule has 0 spiro atoms. The minimum Gasteiger partial charge on any atom is -0.490 e. The Morgan fingerprint density at radius 2 is 1.98 bits per heavy atom. The van der Waals surface area contributed by atoms with Gasteiger partial charge in [0, 0.05) is 37.5 Å². The molecule has 0 amide bonds. The molecule has 9 nitrogen and oxygen atoms in total. The van der Waals surface area contributed by atoms with Crippen LogP contribution in [0.25, 0.3) is 11.0 Å². The number of piperidine rings is 1. The number of hydrogen-bond donors (Lipinski definition) is 0. The molecule has 0 N–H and O–H groups in total. The summed E-state index contributed by atoms with van der Waals surface area (Å²) in [6.45, 7) is 7.67. The minimum absolute atomic E-state index is 0.0512. The normalized spacial score (nSPS) is 17.4. The van der Waals surface area contributed by atoms with E-state index in [1.807, 2.05) is 37.3 Å². The molecular weight excluding hydrogens is 549 g/mol. The fourth-order valence-corrected chi connectivity index (χ4v) is 5.63. The third kappa shape index (κ3) is 6.53. The lowest BCUT2D eigenvalue weighted by molar-refractivity contribution is -0.0592. The lowest BCUT2D eigenvalue weighted by Crippen LogP contribution is -2.39. The van der Waals surface area contributed by atoms with Gasteiger partial charge in [0.05, 0.1) is 47.6 Å². The van der Waals surface area contributed by atoms with Crippen molar-refractivity contribution in [3.63, 3.8) is 0 Å². The predicted molar refractivity (Wildman–Crippen MR) is 157 cm³/mol. The molecule has 4 heterocycles. The van der Waals surface area contributed by atoms with Gasteiger partial charge in [-0.25, -0.2) is 9.37 Å². The van der Waals surface area contributed by atoms with Crippen LogP contribution in [0.5, 0.6) is 11.5 Å². The Morgan fingerprint density at radius 1 is 1.16 bits per heavy atom. The summed E-state index contributed by atoms with van der Waals surface area (Å²) in [5.74, 6) is 1.23. The summed E-state index contributed by atoms with van der Waals surface area (Å²) in [6, 6.07) is 13.6. The number of likely N-dealkylation sites (tertiary alicyclic amines) is 1. The molecule has 4 aromatic rings. The maximum absolute atomic E-state index is 14.2. The van der Waals surface area contributed by atoms with E-state index >= 15 is 0 Å². The van der Waals surface area contributed by atoms with E-state index in [-0.39, 0.29) is 35.9 Å². The lowest BCUT2D eigenvalue weighted by Gasteiger charge is -2.32. The average molecular weight is 584 g/mol. The summed E-state index contributed by atoms with van der Waals surface area (Å²) >= 11 is 0. The zero-order valence-electron chi connectivity index (χ0n) is 24.4. The van der Waals surface area contributed by atoms with E-state index in [0.717, 1.165) is 74.0 Å². The second-order valence-corrected chi connectivity index (χ2v) is 11.3. The standard InChI is InChI=1S/C33H34FN5O4/c1-21-13-24(22(2)40)15-30-33(21)37-32(39(30)18-28-8-12-41-28)19-38-10-6-26(7-11-38)43-27-5-9-36-25(16-27)20-42-31-4-3-23(17-35)14-29(31)34/h3-5,9,13-16,26,28H,6-8,10-12,18-20H2,1-2H3/t28-/m0/s1. The van der Waals surface area contributed by atoms with Gasteiger partial charge in [-0.05, 0) is 75.1 Å². The summed E-state index contributed by atoms with van der Waals surface area (Å²) in [7, 11) is 0. The number of carbonyl (C=O) groups is 1. The predicted octanol–water partition coefficient (Wildman–Crippen LogP) is 5.36. The van der Waals surface area contributed by atoms with Crippen molar-refractivity contribution in [1.82, 2.24) is 19.4 Å². The number of ketones is 1. The maximum atomic E-state index is 14.2. The van der Waals surface area contributed by atoms with E-state index < -0.39 is 5.82 Å². The first-order valence-electron chi connectivity index (χ1n) is 14.6. The number of hydrogen-bond acceptors (Lipinski definition) is 8. The van der Waals surface area contributed by atoms with Gasteiger partial charge in [-0.1, -0.05) is 0 Å². The summed E-state index contributed by atoms with van der Waals surface area (Å²) < 4.78 is 34.0. The number of nitriles is 1. The highest BCUT2D eigenvalue weighted by molar-refractivity contribution is 5.98. The minimum atomic E-state index is -0.582. The highest BCUT2D eigenvalue weighted by Gasteiger charge is 2.26. The maximum Gasteiger partial charge on any atom is 0.166 e. The van der Waals surface area contributed by atoms with Gasteiger partial charge in [0.2, 0.25) is 0 Å². The van der Waals surface area contributed by atoms with Crippen LogP contribution in [0.3, 0.4) is 0 Å². The SMILES string of the molecule is CC(=O)c1cc(C)c2nc(CN3CCC(Oc4ccnc(COc5ccc(C#N)cc5F)c4)CC3)n(C[C@@H]3CCO3)c2c1. The van der Waals surface area contributed by atoms with Gasteiger partial charge in [0.15, 0.2) is 17.3 Å². The van der Waals surface area contributed by atoms with Crippen molar-refractivity contribution >= 4 is 16.8 Å². The van der Waals surface area contributed by atoms with Crippen LogP contribution in [-0.2, 0) is 24.4 Å². The van der Waals surface area contributed by atoms with Gasteiger partial charge in [-0.3, -0.25) is 14.7 Å². The number of halogens is 1. The van der Waals surface area contributed by atoms with Crippen LogP contribution >= 0.6 is 0 Å². The Kier molecular flexibility index (Phi) is 8.36. The van der Waals surface area contributed by atoms with Crippen molar-refractivity contribution in [2.45, 2.75) is 65.0 Å². The number of aryl methyl sites for hydroxylation is 1. The van der Waals surface area contributed by atoms with Crippen molar-refractivity contribution in [2.24, 2.45) is 0 Å². The number of carbonyl (C=O) groups excluding carboxylic acids is 1. The fraction of sp³-hybridized carbons (Fsp3) is 0.394. The average Bonchev–Trinajstić information content (AvgIpc) is 3.32. The third-order valence-electron chi connectivity index (χ3n) is 8.14. The van der Waals surface area contributed by atoms with Crippen LogP contribution in [0.2, 0.25) is 0 Å². The fourth-order valence-electron chi connectivity index (χ4n) is 5.63. The summed E-state index contributed by atoms with van der Waals surface area (Å²) in [4.78, 5) is 23.9. The largest absolute Gasteiger partial charge is 0.490 e. The van der Waals surface area contributed by atoms with Crippen LogP contribution in [0.1, 0.15) is 59.2 Å². The number of nitrogens with zero attached hydrogens (tertiary/aromatic N) is 5. The zero-order chi connectivity index (χ0) is 29.9. The first-order valence-corrected chi connectivity index (χ1v) is 14.6. The van der Waals surface area contributed by atoms with Crippen molar-refractivity contribution < 1.29 is 23.4 Å². The molecule has 2 fully saturated rings. The van der Waals surface area contributed by atoms with Crippen molar-refractivity contribution in [3.05, 3.63) is 82.7 Å². The molecule has 1 atom stereocenters. The van der Waals surface area contributed by atoms with Crippen LogP contribution in [-0.4, -0.2) is 57.1 Å². The van der Waals surface area contributed by atoms with Crippen LogP contribution in [0.15, 0.2) is 48.7 Å². The van der Waals surface area contributed by atoms with Crippen molar-refractivity contribution in [1.29, 1.82) is 5.26 Å². The molecule has 10 heteroatoms. The molecule has 0 radical (unpaired) electrons.